The molecular weight excluding hydrogens is 254 g/mol. The molecule has 0 saturated carbocycles. The van der Waals surface area contributed by atoms with E-state index in [0.29, 0.717) is 5.69 Å². The second-order valence-electron chi connectivity index (χ2n) is 5.39. The second kappa shape index (κ2) is 6.61. The van der Waals surface area contributed by atoms with E-state index in [1.807, 2.05) is 13.0 Å². The predicted octanol–water partition coefficient (Wildman–Crippen LogP) is 2.17. The van der Waals surface area contributed by atoms with Crippen molar-refractivity contribution in [2.24, 2.45) is 0 Å². The van der Waals surface area contributed by atoms with Crippen molar-refractivity contribution in [3.63, 3.8) is 0 Å². The molecule has 0 spiro atoms. The maximum Gasteiger partial charge on any atom is 0.337 e. The fourth-order valence-corrected chi connectivity index (χ4v) is 2.62. The number of carbonyl (C=O) groups is 1. The molecule has 0 bridgehead atoms. The molecule has 0 unspecified atom stereocenters. The molecule has 0 aliphatic carbocycles. The lowest BCUT2D eigenvalue weighted by Gasteiger charge is -2.15. The van der Waals surface area contributed by atoms with Gasteiger partial charge in [-0.15, -0.1) is 0 Å². The molecule has 1 aromatic rings. The van der Waals surface area contributed by atoms with Gasteiger partial charge in [-0.2, -0.15) is 0 Å². The highest BCUT2D eigenvalue weighted by molar-refractivity contribution is 5.95. The molecule has 0 aromatic heterocycles. The van der Waals surface area contributed by atoms with Crippen LogP contribution in [0.5, 0.6) is 0 Å². The standard InChI is InChI=1S/C15H23N3O2/c1-11-9-12(10-13(14(11)16)15(19)20)17-5-4-8-18-6-2-3-7-18/h9-10,17H,2-8,16H2,1H3,(H,19,20). The molecule has 1 aliphatic heterocycles. The summed E-state index contributed by atoms with van der Waals surface area (Å²) in [6.45, 7) is 6.21. The van der Waals surface area contributed by atoms with Gasteiger partial charge >= 0.3 is 5.97 Å². The minimum atomic E-state index is -0.980. The number of likely N-dealkylation sites (tertiary alicyclic amines) is 1. The van der Waals surface area contributed by atoms with Crippen LogP contribution >= 0.6 is 0 Å². The highest BCUT2D eigenvalue weighted by Crippen LogP contribution is 2.22. The number of carboxylic acid groups (broad SMARTS) is 1. The first-order valence-corrected chi connectivity index (χ1v) is 7.17. The number of aromatic carboxylic acids is 1. The van der Waals surface area contributed by atoms with Gasteiger partial charge < -0.3 is 21.1 Å². The van der Waals surface area contributed by atoms with Crippen LogP contribution in [0.3, 0.4) is 0 Å². The van der Waals surface area contributed by atoms with Crippen molar-refractivity contribution in [2.75, 3.05) is 37.2 Å². The number of hydrogen-bond donors (Lipinski definition) is 3. The summed E-state index contributed by atoms with van der Waals surface area (Å²) >= 11 is 0. The third-order valence-corrected chi connectivity index (χ3v) is 3.80. The number of benzene rings is 1. The lowest BCUT2D eigenvalue weighted by molar-refractivity contribution is 0.0698. The molecule has 5 heteroatoms. The Balaban J connectivity index is 1.87. The Morgan fingerprint density at radius 3 is 2.75 bits per heavy atom. The van der Waals surface area contributed by atoms with E-state index in [1.54, 1.807) is 6.07 Å². The summed E-state index contributed by atoms with van der Waals surface area (Å²) in [5.41, 5.74) is 7.92. The van der Waals surface area contributed by atoms with Gasteiger partial charge in [0.2, 0.25) is 0 Å². The SMILES string of the molecule is Cc1cc(NCCCN2CCCC2)cc(C(=O)O)c1N. The van der Waals surface area contributed by atoms with E-state index < -0.39 is 5.97 Å². The Hall–Kier alpha value is -1.75. The molecule has 1 aliphatic rings. The van der Waals surface area contributed by atoms with Gasteiger partial charge in [0.15, 0.2) is 0 Å². The van der Waals surface area contributed by atoms with E-state index in [0.717, 1.165) is 30.8 Å². The number of nitrogen functional groups attached to an aromatic ring is 1. The summed E-state index contributed by atoms with van der Waals surface area (Å²) in [5.74, 6) is -0.980. The third kappa shape index (κ3) is 3.63. The molecule has 0 atom stereocenters. The van der Waals surface area contributed by atoms with Gasteiger partial charge in [0.05, 0.1) is 5.56 Å². The van der Waals surface area contributed by atoms with Crippen LogP contribution in [0.1, 0.15) is 35.2 Å². The van der Waals surface area contributed by atoms with Crippen LogP contribution in [-0.2, 0) is 0 Å². The van der Waals surface area contributed by atoms with Crippen molar-refractivity contribution < 1.29 is 9.90 Å². The average molecular weight is 277 g/mol. The first-order chi connectivity index (χ1) is 9.58. The van der Waals surface area contributed by atoms with Gasteiger partial charge in [-0.05, 0) is 63.5 Å². The number of nitrogens with zero attached hydrogens (tertiary/aromatic N) is 1. The molecule has 1 saturated heterocycles. The summed E-state index contributed by atoms with van der Waals surface area (Å²) in [6, 6.07) is 3.51. The molecule has 1 fully saturated rings. The van der Waals surface area contributed by atoms with Crippen LogP contribution in [0.4, 0.5) is 11.4 Å². The number of anilines is 2. The van der Waals surface area contributed by atoms with Gasteiger partial charge in [0.1, 0.15) is 0 Å². The monoisotopic (exact) mass is 277 g/mol. The van der Waals surface area contributed by atoms with Crippen LogP contribution in [0.2, 0.25) is 0 Å². The molecule has 20 heavy (non-hydrogen) atoms. The third-order valence-electron chi connectivity index (χ3n) is 3.80. The van der Waals surface area contributed by atoms with Crippen molar-refractivity contribution in [1.29, 1.82) is 0 Å². The van der Waals surface area contributed by atoms with Crippen LogP contribution < -0.4 is 11.1 Å². The van der Waals surface area contributed by atoms with Crippen LogP contribution in [0.15, 0.2) is 12.1 Å². The van der Waals surface area contributed by atoms with Crippen molar-refractivity contribution in [3.8, 4) is 0 Å². The summed E-state index contributed by atoms with van der Waals surface area (Å²) < 4.78 is 0. The number of nitrogens with one attached hydrogen (secondary N) is 1. The zero-order valence-corrected chi connectivity index (χ0v) is 12.0. The Morgan fingerprint density at radius 2 is 2.10 bits per heavy atom. The molecule has 110 valence electrons. The summed E-state index contributed by atoms with van der Waals surface area (Å²) in [6.07, 6.45) is 3.69. The fourth-order valence-electron chi connectivity index (χ4n) is 2.62. The van der Waals surface area contributed by atoms with Crippen LogP contribution in [0, 0.1) is 6.92 Å². The maximum atomic E-state index is 11.1. The lowest BCUT2D eigenvalue weighted by atomic mass is 10.1. The summed E-state index contributed by atoms with van der Waals surface area (Å²) in [4.78, 5) is 13.6. The number of carboxylic acids is 1. The van der Waals surface area contributed by atoms with E-state index >= 15 is 0 Å². The quantitative estimate of drug-likeness (QED) is 0.548. The highest BCUT2D eigenvalue weighted by Gasteiger charge is 2.12. The normalized spacial score (nSPS) is 15.4. The van der Waals surface area contributed by atoms with Gasteiger partial charge in [-0.25, -0.2) is 4.79 Å². The van der Waals surface area contributed by atoms with Gasteiger partial charge in [-0.3, -0.25) is 0 Å². The Bertz CT molecular complexity index is 482. The largest absolute Gasteiger partial charge is 0.478 e. The molecular formula is C15H23N3O2. The number of nitrogens with two attached hydrogens (primary N) is 1. The first kappa shape index (κ1) is 14.7. The molecule has 0 amide bonds. The highest BCUT2D eigenvalue weighted by atomic mass is 16.4. The average Bonchev–Trinajstić information content (AvgIpc) is 2.91. The summed E-state index contributed by atoms with van der Waals surface area (Å²) in [7, 11) is 0. The topological polar surface area (TPSA) is 78.6 Å². The van der Waals surface area contributed by atoms with Crippen LogP contribution in [0.25, 0.3) is 0 Å². The Morgan fingerprint density at radius 1 is 1.40 bits per heavy atom. The van der Waals surface area contributed by atoms with Gasteiger partial charge in [0.25, 0.3) is 0 Å². The number of rotatable bonds is 6. The molecule has 5 nitrogen and oxygen atoms in total. The van der Waals surface area contributed by atoms with E-state index in [4.69, 9.17) is 10.8 Å². The van der Waals surface area contributed by atoms with E-state index in [-0.39, 0.29) is 5.56 Å². The fraction of sp³-hybridized carbons (Fsp3) is 0.533. The van der Waals surface area contributed by atoms with E-state index in [1.165, 1.54) is 25.9 Å². The Labute approximate surface area is 119 Å². The Kier molecular flexibility index (Phi) is 4.84. The molecule has 1 heterocycles. The first-order valence-electron chi connectivity index (χ1n) is 7.17. The predicted molar refractivity (Wildman–Crippen MR) is 81.3 cm³/mol. The maximum absolute atomic E-state index is 11.1. The van der Waals surface area contributed by atoms with Crippen LogP contribution in [-0.4, -0.2) is 42.2 Å². The number of hydrogen-bond acceptors (Lipinski definition) is 4. The minimum absolute atomic E-state index is 0.173. The van der Waals surface area contributed by atoms with Gasteiger partial charge in [0, 0.05) is 17.9 Å². The minimum Gasteiger partial charge on any atom is -0.478 e. The van der Waals surface area contributed by atoms with Crippen molar-refractivity contribution in [3.05, 3.63) is 23.3 Å². The smallest absolute Gasteiger partial charge is 0.337 e. The summed E-state index contributed by atoms with van der Waals surface area (Å²) in [5, 5.41) is 12.4. The molecule has 4 N–H and O–H groups in total. The zero-order valence-electron chi connectivity index (χ0n) is 12.0. The second-order valence-corrected chi connectivity index (χ2v) is 5.39. The van der Waals surface area contributed by atoms with Crippen molar-refractivity contribution in [2.45, 2.75) is 26.2 Å². The zero-order chi connectivity index (χ0) is 14.5. The number of aryl methyl sites for hydroxylation is 1. The molecule has 0 radical (unpaired) electrons. The van der Waals surface area contributed by atoms with E-state index in [9.17, 15) is 4.79 Å². The van der Waals surface area contributed by atoms with Gasteiger partial charge in [-0.1, -0.05) is 0 Å². The molecule has 1 aromatic carbocycles. The van der Waals surface area contributed by atoms with E-state index in [2.05, 4.69) is 10.2 Å². The molecule has 2 rings (SSSR count). The lowest BCUT2D eigenvalue weighted by Crippen LogP contribution is -2.22. The van der Waals surface area contributed by atoms with Crippen molar-refractivity contribution >= 4 is 17.3 Å². The van der Waals surface area contributed by atoms with Crippen molar-refractivity contribution in [1.82, 2.24) is 4.90 Å².